The molecule has 1 amide bonds. The lowest BCUT2D eigenvalue weighted by molar-refractivity contribution is -0.117. The highest BCUT2D eigenvalue weighted by atomic mass is 35.5. The number of amides is 1. The minimum atomic E-state index is -0.168. The van der Waals surface area contributed by atoms with Crippen LogP contribution < -0.4 is 5.32 Å². The van der Waals surface area contributed by atoms with E-state index in [2.05, 4.69) is 10.3 Å². The maximum atomic E-state index is 12.2. The third-order valence-electron chi connectivity index (χ3n) is 2.91. The van der Waals surface area contributed by atoms with Crippen molar-refractivity contribution in [3.8, 4) is 0 Å². The summed E-state index contributed by atoms with van der Waals surface area (Å²) < 4.78 is 0. The molecular formula is C15H15ClN2O. The van der Waals surface area contributed by atoms with E-state index in [0.29, 0.717) is 10.8 Å². The van der Waals surface area contributed by atoms with Crippen molar-refractivity contribution in [3.05, 3.63) is 59.2 Å². The number of nitrogens with zero attached hydrogens (tertiary/aromatic N) is 1. The highest BCUT2D eigenvalue weighted by molar-refractivity contribution is 6.30. The van der Waals surface area contributed by atoms with Gasteiger partial charge in [0.25, 0.3) is 0 Å². The normalized spacial score (nSPS) is 11.9. The predicted octanol–water partition coefficient (Wildman–Crippen LogP) is 3.87. The summed E-state index contributed by atoms with van der Waals surface area (Å²) in [5, 5.41) is 3.36. The summed E-state index contributed by atoms with van der Waals surface area (Å²) in [6.45, 7) is 1.99. The summed E-state index contributed by atoms with van der Waals surface area (Å²) >= 11 is 5.76. The number of hydrogen-bond acceptors (Lipinski definition) is 2. The van der Waals surface area contributed by atoms with Gasteiger partial charge in [-0.1, -0.05) is 48.9 Å². The molecule has 0 fully saturated rings. The van der Waals surface area contributed by atoms with Gasteiger partial charge in [0, 0.05) is 6.20 Å². The maximum absolute atomic E-state index is 12.2. The fourth-order valence-electron chi connectivity index (χ4n) is 1.92. The number of rotatable bonds is 4. The van der Waals surface area contributed by atoms with Crippen LogP contribution in [0.1, 0.15) is 24.8 Å². The van der Waals surface area contributed by atoms with E-state index >= 15 is 0 Å². The summed E-state index contributed by atoms with van der Waals surface area (Å²) in [5.74, 6) is 0.297. The van der Waals surface area contributed by atoms with E-state index in [9.17, 15) is 4.79 Å². The molecule has 1 aromatic heterocycles. The quantitative estimate of drug-likeness (QED) is 0.920. The van der Waals surface area contributed by atoms with E-state index in [-0.39, 0.29) is 11.8 Å². The van der Waals surface area contributed by atoms with E-state index in [0.717, 1.165) is 12.0 Å². The summed E-state index contributed by atoms with van der Waals surface area (Å²) in [5.41, 5.74) is 1.01. The van der Waals surface area contributed by atoms with E-state index in [4.69, 9.17) is 11.6 Å². The highest BCUT2D eigenvalue weighted by Gasteiger charge is 2.18. The molecule has 0 aliphatic heterocycles. The monoisotopic (exact) mass is 274 g/mol. The molecule has 4 heteroatoms. The standard InChI is InChI=1S/C15H15ClN2O/c1-2-13(11-6-4-3-5-7-11)15(19)18-14-9-8-12(16)10-17-14/h3-10,13H,2H2,1H3,(H,17,18,19)/t13-/m1/s1. The van der Waals surface area contributed by atoms with E-state index in [1.54, 1.807) is 12.1 Å². The smallest absolute Gasteiger partial charge is 0.233 e. The molecule has 0 unspecified atom stereocenters. The lowest BCUT2D eigenvalue weighted by atomic mass is 9.96. The first-order valence-corrected chi connectivity index (χ1v) is 6.56. The summed E-state index contributed by atoms with van der Waals surface area (Å²) in [4.78, 5) is 16.3. The van der Waals surface area contributed by atoms with Gasteiger partial charge in [0.1, 0.15) is 5.82 Å². The molecule has 0 aliphatic carbocycles. The highest BCUT2D eigenvalue weighted by Crippen LogP contribution is 2.21. The van der Waals surface area contributed by atoms with Crippen LogP contribution in [-0.4, -0.2) is 10.9 Å². The second kappa shape index (κ2) is 6.34. The first kappa shape index (κ1) is 13.6. The van der Waals surface area contributed by atoms with Crippen LogP contribution >= 0.6 is 11.6 Å². The molecule has 2 rings (SSSR count). The van der Waals surface area contributed by atoms with Crippen LogP contribution in [0, 0.1) is 0 Å². The predicted molar refractivity (Wildman–Crippen MR) is 77.4 cm³/mol. The lowest BCUT2D eigenvalue weighted by Crippen LogP contribution is -2.21. The van der Waals surface area contributed by atoms with Crippen LogP contribution in [-0.2, 0) is 4.79 Å². The molecule has 19 heavy (non-hydrogen) atoms. The van der Waals surface area contributed by atoms with Gasteiger partial charge in [-0.15, -0.1) is 0 Å². The number of pyridine rings is 1. The van der Waals surface area contributed by atoms with Crippen molar-refractivity contribution in [2.75, 3.05) is 5.32 Å². The Morgan fingerprint density at radius 3 is 2.58 bits per heavy atom. The van der Waals surface area contributed by atoms with Gasteiger partial charge in [-0.2, -0.15) is 0 Å². The van der Waals surface area contributed by atoms with E-state index in [1.807, 2.05) is 37.3 Å². The largest absolute Gasteiger partial charge is 0.310 e. The number of hydrogen-bond donors (Lipinski definition) is 1. The molecule has 0 radical (unpaired) electrons. The van der Waals surface area contributed by atoms with Crippen LogP contribution in [0.5, 0.6) is 0 Å². The maximum Gasteiger partial charge on any atom is 0.233 e. The molecule has 3 nitrogen and oxygen atoms in total. The molecule has 0 saturated heterocycles. The van der Waals surface area contributed by atoms with Crippen molar-refractivity contribution in [1.82, 2.24) is 4.98 Å². The average Bonchev–Trinajstić information content (AvgIpc) is 2.43. The average molecular weight is 275 g/mol. The molecule has 1 heterocycles. The zero-order valence-corrected chi connectivity index (χ0v) is 11.4. The van der Waals surface area contributed by atoms with Gasteiger partial charge in [-0.3, -0.25) is 4.79 Å². The van der Waals surface area contributed by atoms with Crippen LogP contribution in [0.3, 0.4) is 0 Å². The van der Waals surface area contributed by atoms with Gasteiger partial charge in [-0.25, -0.2) is 4.98 Å². The minimum Gasteiger partial charge on any atom is -0.310 e. The molecule has 0 spiro atoms. The van der Waals surface area contributed by atoms with Crippen LogP contribution in [0.2, 0.25) is 5.02 Å². The van der Waals surface area contributed by atoms with E-state index in [1.165, 1.54) is 6.20 Å². The molecule has 98 valence electrons. The SMILES string of the molecule is CC[C@@H](C(=O)Nc1ccc(Cl)cn1)c1ccccc1. The topological polar surface area (TPSA) is 42.0 Å². The van der Waals surface area contributed by atoms with Crippen molar-refractivity contribution >= 4 is 23.3 Å². The number of halogens is 1. The second-order valence-electron chi connectivity index (χ2n) is 4.22. The van der Waals surface area contributed by atoms with Gasteiger partial charge in [0.2, 0.25) is 5.91 Å². The summed E-state index contributed by atoms with van der Waals surface area (Å²) in [6.07, 6.45) is 2.25. The van der Waals surface area contributed by atoms with Crippen molar-refractivity contribution < 1.29 is 4.79 Å². The number of anilines is 1. The Kier molecular flexibility index (Phi) is 4.53. The Labute approximate surface area is 117 Å². The first-order valence-electron chi connectivity index (χ1n) is 6.18. The molecule has 0 aliphatic rings. The number of carbonyl (C=O) groups is 1. The summed E-state index contributed by atoms with van der Waals surface area (Å²) in [6, 6.07) is 13.1. The zero-order chi connectivity index (χ0) is 13.7. The number of nitrogens with one attached hydrogen (secondary N) is 1. The molecule has 1 N–H and O–H groups in total. The Morgan fingerprint density at radius 1 is 1.26 bits per heavy atom. The fourth-order valence-corrected chi connectivity index (χ4v) is 2.03. The number of aromatic nitrogens is 1. The fraction of sp³-hybridized carbons (Fsp3) is 0.200. The molecule has 1 aromatic carbocycles. The molecule has 2 aromatic rings. The number of benzene rings is 1. The second-order valence-corrected chi connectivity index (χ2v) is 4.66. The molecule has 0 saturated carbocycles. The Bertz CT molecular complexity index is 540. The summed E-state index contributed by atoms with van der Waals surface area (Å²) in [7, 11) is 0. The van der Waals surface area contributed by atoms with Crippen molar-refractivity contribution in [2.45, 2.75) is 19.3 Å². The van der Waals surface area contributed by atoms with Crippen LogP contribution in [0.4, 0.5) is 5.82 Å². The Hall–Kier alpha value is -1.87. The van der Waals surface area contributed by atoms with Gasteiger partial charge >= 0.3 is 0 Å². The first-order chi connectivity index (χ1) is 9.20. The molecular weight excluding hydrogens is 260 g/mol. The van der Waals surface area contributed by atoms with E-state index < -0.39 is 0 Å². The van der Waals surface area contributed by atoms with Crippen molar-refractivity contribution in [3.63, 3.8) is 0 Å². The van der Waals surface area contributed by atoms with Crippen molar-refractivity contribution in [1.29, 1.82) is 0 Å². The van der Waals surface area contributed by atoms with Gasteiger partial charge in [0.05, 0.1) is 10.9 Å². The van der Waals surface area contributed by atoms with Crippen LogP contribution in [0.15, 0.2) is 48.7 Å². The van der Waals surface area contributed by atoms with Gasteiger partial charge in [-0.05, 0) is 24.1 Å². The third kappa shape index (κ3) is 3.55. The van der Waals surface area contributed by atoms with Crippen molar-refractivity contribution in [2.24, 2.45) is 0 Å². The minimum absolute atomic E-state index is 0.0523. The number of carbonyl (C=O) groups excluding carboxylic acids is 1. The third-order valence-corrected chi connectivity index (χ3v) is 3.13. The molecule has 1 atom stereocenters. The molecule has 0 bridgehead atoms. The Morgan fingerprint density at radius 2 is 2.00 bits per heavy atom. The van der Waals surface area contributed by atoms with Crippen LogP contribution in [0.25, 0.3) is 0 Å². The van der Waals surface area contributed by atoms with Gasteiger partial charge in [0.15, 0.2) is 0 Å². The van der Waals surface area contributed by atoms with Gasteiger partial charge < -0.3 is 5.32 Å². The zero-order valence-electron chi connectivity index (χ0n) is 10.6. The lowest BCUT2D eigenvalue weighted by Gasteiger charge is -2.14. The Balaban J connectivity index is 2.11.